The van der Waals surface area contributed by atoms with Crippen molar-refractivity contribution >= 4 is 24.0 Å². The van der Waals surface area contributed by atoms with Crippen molar-refractivity contribution in [3.63, 3.8) is 0 Å². The van der Waals surface area contributed by atoms with Gasteiger partial charge in [-0.2, -0.15) is 5.10 Å². The van der Waals surface area contributed by atoms with Gasteiger partial charge in [-0.25, -0.2) is 13.5 Å². The van der Waals surface area contributed by atoms with Gasteiger partial charge in [-0.15, -0.1) is 0 Å². The Balaban J connectivity index is 2.47. The lowest BCUT2D eigenvalue weighted by Crippen LogP contribution is -2.22. The summed E-state index contributed by atoms with van der Waals surface area (Å²) in [5.41, 5.74) is -0.127. The van der Waals surface area contributed by atoms with Crippen LogP contribution in [0, 0.1) is 0 Å². The van der Waals surface area contributed by atoms with E-state index in [0.717, 1.165) is 6.04 Å². The minimum atomic E-state index is -2.55. The van der Waals surface area contributed by atoms with Crippen LogP contribution in [0.5, 0.6) is 0 Å². The van der Waals surface area contributed by atoms with Gasteiger partial charge in [0.1, 0.15) is 12.4 Å². The summed E-state index contributed by atoms with van der Waals surface area (Å²) < 4.78 is 32.3. The third-order valence-corrected chi connectivity index (χ3v) is 4.57. The molecule has 0 spiro atoms. The summed E-state index contributed by atoms with van der Waals surface area (Å²) in [7, 11) is -1.14. The summed E-state index contributed by atoms with van der Waals surface area (Å²) in [6, 6.07) is 1.01. The molecule has 7 heteroatoms. The molecule has 0 saturated carbocycles. The molecule has 0 aromatic carbocycles. The largest absolute Gasteiger partial charge is 0.360 e. The van der Waals surface area contributed by atoms with Crippen molar-refractivity contribution in [2.24, 2.45) is 0 Å². The topological polar surface area (TPSA) is 27.1 Å². The van der Waals surface area contributed by atoms with Gasteiger partial charge in [0, 0.05) is 14.7 Å². The van der Waals surface area contributed by atoms with Gasteiger partial charge in [-0.05, 0) is 22.0 Å². The fraction of sp³-hybridized carbons (Fsp3) is 0.700. The smallest absolute Gasteiger partial charge is 0.281 e. The molecule has 0 unspecified atom stereocenters. The Morgan fingerprint density at radius 1 is 1.47 bits per heavy atom. The molecular weight excluding hydrogens is 310 g/mol. The summed E-state index contributed by atoms with van der Waals surface area (Å²) in [5, 5.41) is 3.85. The van der Waals surface area contributed by atoms with Crippen molar-refractivity contribution in [1.29, 1.82) is 0 Å². The standard InChI is InChI=1S/C10H17BrF2N2OSi/c1-17(2,3)5-4-16-7-15-9(10(12)13)8(11)6-14-15/h6,10H,4-5,7H2,1-3H3. The molecule has 17 heavy (non-hydrogen) atoms. The van der Waals surface area contributed by atoms with Crippen molar-refractivity contribution in [3.8, 4) is 0 Å². The van der Waals surface area contributed by atoms with Gasteiger partial charge >= 0.3 is 0 Å². The number of alkyl halides is 2. The normalized spacial score (nSPS) is 12.4. The second kappa shape index (κ2) is 6.06. The number of hydrogen-bond donors (Lipinski definition) is 0. The quantitative estimate of drug-likeness (QED) is 0.585. The van der Waals surface area contributed by atoms with E-state index in [1.165, 1.54) is 10.9 Å². The second-order valence-electron chi connectivity index (χ2n) is 5.03. The van der Waals surface area contributed by atoms with Crippen LogP contribution in [0.25, 0.3) is 0 Å². The molecule has 1 aromatic heterocycles. The van der Waals surface area contributed by atoms with Gasteiger partial charge < -0.3 is 4.74 Å². The molecule has 1 rings (SSSR count). The average molecular weight is 327 g/mol. The summed E-state index contributed by atoms with van der Waals surface area (Å²) in [6.45, 7) is 7.40. The maximum absolute atomic E-state index is 12.7. The Bertz CT molecular complexity index is 366. The van der Waals surface area contributed by atoms with Crippen molar-refractivity contribution < 1.29 is 13.5 Å². The van der Waals surface area contributed by atoms with Crippen LogP contribution in [0.1, 0.15) is 12.1 Å². The third kappa shape index (κ3) is 4.85. The van der Waals surface area contributed by atoms with E-state index in [1.807, 2.05) is 0 Å². The lowest BCUT2D eigenvalue weighted by molar-refractivity contribution is 0.0618. The minimum absolute atomic E-state index is 0.0791. The lowest BCUT2D eigenvalue weighted by Gasteiger charge is -2.15. The van der Waals surface area contributed by atoms with Gasteiger partial charge in [0.25, 0.3) is 6.43 Å². The van der Waals surface area contributed by atoms with Crippen molar-refractivity contribution in [3.05, 3.63) is 16.4 Å². The predicted octanol–water partition coefficient (Wildman–Crippen LogP) is 3.90. The fourth-order valence-electron chi connectivity index (χ4n) is 1.22. The number of nitrogens with zero attached hydrogens (tertiary/aromatic N) is 2. The fourth-order valence-corrected chi connectivity index (χ4v) is 2.45. The van der Waals surface area contributed by atoms with Crippen LogP contribution < -0.4 is 0 Å². The van der Waals surface area contributed by atoms with Crippen molar-refractivity contribution in [2.75, 3.05) is 6.61 Å². The molecule has 0 fully saturated rings. The maximum atomic E-state index is 12.7. The zero-order chi connectivity index (χ0) is 13.1. The zero-order valence-corrected chi connectivity index (χ0v) is 12.8. The van der Waals surface area contributed by atoms with E-state index in [4.69, 9.17) is 4.74 Å². The zero-order valence-electron chi connectivity index (χ0n) is 10.2. The molecule has 3 nitrogen and oxygen atoms in total. The van der Waals surface area contributed by atoms with Gasteiger partial charge in [-0.1, -0.05) is 19.6 Å². The van der Waals surface area contributed by atoms with Crippen LogP contribution in [0.2, 0.25) is 25.7 Å². The van der Waals surface area contributed by atoms with Crippen LogP contribution in [0.15, 0.2) is 10.7 Å². The first-order valence-corrected chi connectivity index (χ1v) is 9.88. The summed E-state index contributed by atoms with van der Waals surface area (Å²) in [6.07, 6.45) is -1.18. The van der Waals surface area contributed by atoms with E-state index in [0.29, 0.717) is 11.1 Å². The Hall–Kier alpha value is -0.273. The molecular formula is C10H17BrF2N2OSi. The van der Waals surface area contributed by atoms with Crippen LogP contribution in [0.3, 0.4) is 0 Å². The molecule has 0 saturated heterocycles. The van der Waals surface area contributed by atoms with E-state index >= 15 is 0 Å². The van der Waals surface area contributed by atoms with Crippen LogP contribution >= 0.6 is 15.9 Å². The summed E-state index contributed by atoms with van der Waals surface area (Å²) >= 11 is 3.05. The van der Waals surface area contributed by atoms with E-state index in [1.54, 1.807) is 0 Å². The monoisotopic (exact) mass is 326 g/mol. The Kier molecular flexibility index (Phi) is 5.27. The van der Waals surface area contributed by atoms with E-state index < -0.39 is 14.5 Å². The maximum Gasteiger partial charge on any atom is 0.281 e. The van der Waals surface area contributed by atoms with Gasteiger partial charge in [0.15, 0.2) is 0 Å². The molecule has 0 N–H and O–H groups in total. The molecule has 0 aliphatic rings. The van der Waals surface area contributed by atoms with E-state index in [2.05, 4.69) is 40.7 Å². The highest BCUT2D eigenvalue weighted by Crippen LogP contribution is 2.26. The average Bonchev–Trinajstić information content (AvgIpc) is 2.53. The molecule has 0 radical (unpaired) electrons. The second-order valence-corrected chi connectivity index (χ2v) is 11.5. The Morgan fingerprint density at radius 3 is 2.65 bits per heavy atom. The highest BCUT2D eigenvalue weighted by Gasteiger charge is 2.18. The number of rotatable bonds is 6. The highest BCUT2D eigenvalue weighted by molar-refractivity contribution is 9.10. The molecule has 0 amide bonds. The van der Waals surface area contributed by atoms with Crippen LogP contribution in [-0.4, -0.2) is 24.5 Å². The van der Waals surface area contributed by atoms with E-state index in [-0.39, 0.29) is 12.4 Å². The summed E-state index contributed by atoms with van der Waals surface area (Å²) in [5.74, 6) is 0. The number of ether oxygens (including phenoxy) is 1. The van der Waals surface area contributed by atoms with Gasteiger partial charge in [0.2, 0.25) is 0 Å². The first-order valence-electron chi connectivity index (χ1n) is 5.38. The molecule has 0 atom stereocenters. The molecule has 98 valence electrons. The minimum Gasteiger partial charge on any atom is -0.360 e. The molecule has 0 aliphatic heterocycles. The van der Waals surface area contributed by atoms with Crippen molar-refractivity contribution in [1.82, 2.24) is 9.78 Å². The first kappa shape index (κ1) is 14.8. The Morgan fingerprint density at radius 2 is 2.12 bits per heavy atom. The predicted molar refractivity (Wildman–Crippen MR) is 69.0 cm³/mol. The van der Waals surface area contributed by atoms with Gasteiger partial charge in [0.05, 0.1) is 10.7 Å². The first-order chi connectivity index (χ1) is 7.81. The highest BCUT2D eigenvalue weighted by atomic mass is 79.9. The van der Waals surface area contributed by atoms with Crippen molar-refractivity contribution in [2.45, 2.75) is 38.8 Å². The molecule has 1 heterocycles. The number of hydrogen-bond acceptors (Lipinski definition) is 2. The third-order valence-electron chi connectivity index (χ3n) is 2.25. The number of halogens is 3. The van der Waals surface area contributed by atoms with Crippen LogP contribution in [-0.2, 0) is 11.5 Å². The Labute approximate surface area is 109 Å². The lowest BCUT2D eigenvalue weighted by atomic mass is 10.4. The number of aromatic nitrogens is 2. The molecule has 0 bridgehead atoms. The SMILES string of the molecule is C[Si](C)(C)CCOCn1ncc(Br)c1C(F)F. The summed E-state index contributed by atoms with van der Waals surface area (Å²) in [4.78, 5) is 0. The molecule has 1 aromatic rings. The molecule has 0 aliphatic carbocycles. The van der Waals surface area contributed by atoms with Gasteiger partial charge in [-0.3, -0.25) is 0 Å². The van der Waals surface area contributed by atoms with Crippen LogP contribution in [0.4, 0.5) is 8.78 Å². The van der Waals surface area contributed by atoms with E-state index in [9.17, 15) is 8.78 Å².